The number of hydrogen-bond donors (Lipinski definition) is 0. The lowest BCUT2D eigenvalue weighted by molar-refractivity contribution is -0.00518. The molecule has 0 atom stereocenters. The third-order valence-corrected chi connectivity index (χ3v) is 13.8. The van der Waals surface area contributed by atoms with Gasteiger partial charge in [0.2, 0.25) is 0 Å². The molecule has 5 saturated carbocycles. The van der Waals surface area contributed by atoms with Crippen molar-refractivity contribution in [3.63, 3.8) is 0 Å². The smallest absolute Gasteiger partial charge is 0.252 e. The van der Waals surface area contributed by atoms with Gasteiger partial charge in [0, 0.05) is 34.1 Å². The third kappa shape index (κ3) is 4.33. The molecule has 0 N–H and O–H groups in total. The number of hydrogen-bond acceptors (Lipinski definition) is 2. The Morgan fingerprint density at radius 3 is 1.59 bits per heavy atom. The normalized spacial score (nSPS) is 26.4. The van der Waals surface area contributed by atoms with Crippen LogP contribution in [0.5, 0.6) is 0 Å². The van der Waals surface area contributed by atoms with Crippen LogP contribution in [-0.4, -0.2) is 6.71 Å². The molecule has 2 nitrogen and oxygen atoms in total. The summed E-state index contributed by atoms with van der Waals surface area (Å²) >= 11 is 0. The van der Waals surface area contributed by atoms with Crippen molar-refractivity contribution in [2.24, 2.45) is 17.8 Å². The van der Waals surface area contributed by atoms with Gasteiger partial charge in [-0.25, -0.2) is 0 Å². The predicted octanol–water partition coefficient (Wildman–Crippen LogP) is 10.3. The molecule has 0 spiro atoms. The molecule has 0 saturated heterocycles. The number of fused-ring (bicyclic) bond motifs is 4. The first kappa shape index (κ1) is 28.6. The summed E-state index contributed by atoms with van der Waals surface area (Å²) in [5, 5.41) is 0. The monoisotopic (exact) mass is 636 g/mol. The molecule has 0 amide bonds. The zero-order chi connectivity index (χ0) is 32.1. The molecule has 0 radical (unpaired) electrons. The molecule has 0 unspecified atom stereocenters. The van der Waals surface area contributed by atoms with E-state index in [1.54, 1.807) is 5.56 Å². The van der Waals surface area contributed by atoms with Gasteiger partial charge in [-0.15, -0.1) is 0 Å². The predicted molar refractivity (Wildman–Crippen MR) is 206 cm³/mol. The highest BCUT2D eigenvalue weighted by Crippen LogP contribution is 2.61. The number of nitrogens with zero attached hydrogens (tertiary/aromatic N) is 2. The molecule has 0 aromatic heterocycles. The second kappa shape index (κ2) is 10.9. The fourth-order valence-corrected chi connectivity index (χ4v) is 12.2. The lowest BCUT2D eigenvalue weighted by atomic mass is 9.33. The highest BCUT2D eigenvalue weighted by atomic mass is 15.2. The Labute approximate surface area is 292 Å². The number of benzene rings is 5. The van der Waals surface area contributed by atoms with Crippen LogP contribution in [0.3, 0.4) is 0 Å². The standard InChI is InChI=1S/C46H45BN2/c1-3-11-34(12-4-1)35-26-43-45-44(27-35)49(38-21-19-36(20-22-38)46-28-31-23-32(29-46)25-33(24-31)30-46)42-18-10-8-16-40(42)47(45)39-15-7-9-17-41(39)48(43)37-13-5-2-6-14-37/h2,5-10,13-22,26-27,31-34H,1,3-4,11-12,23-25,28-30H2. The van der Waals surface area contributed by atoms with Crippen molar-refractivity contribution in [1.29, 1.82) is 0 Å². The molecular weight excluding hydrogens is 591 g/mol. The minimum Gasteiger partial charge on any atom is -0.311 e. The number of rotatable bonds is 4. The van der Waals surface area contributed by atoms with Gasteiger partial charge in [-0.1, -0.05) is 86.0 Å². The molecule has 2 aliphatic heterocycles. The Balaban J connectivity index is 1.12. The van der Waals surface area contributed by atoms with Crippen molar-refractivity contribution >= 4 is 57.2 Å². The van der Waals surface area contributed by atoms with E-state index in [0.29, 0.717) is 11.3 Å². The van der Waals surface area contributed by atoms with E-state index in [0.717, 1.165) is 17.8 Å². The molecule has 12 rings (SSSR count). The first-order chi connectivity index (χ1) is 24.2. The van der Waals surface area contributed by atoms with Crippen LogP contribution in [0.2, 0.25) is 0 Å². The number of para-hydroxylation sites is 3. The first-order valence-electron chi connectivity index (χ1n) is 19.3. The van der Waals surface area contributed by atoms with Crippen molar-refractivity contribution in [3.8, 4) is 0 Å². The quantitative estimate of drug-likeness (QED) is 0.178. The maximum Gasteiger partial charge on any atom is 0.252 e. The minimum absolute atomic E-state index is 0.195. The van der Waals surface area contributed by atoms with Crippen LogP contribution in [0.15, 0.2) is 115 Å². The second-order valence-corrected chi connectivity index (χ2v) is 16.6. The van der Waals surface area contributed by atoms with E-state index in [-0.39, 0.29) is 6.71 Å². The molecule has 49 heavy (non-hydrogen) atoms. The molecule has 2 heterocycles. The van der Waals surface area contributed by atoms with Gasteiger partial charge < -0.3 is 9.80 Å². The minimum atomic E-state index is 0.195. The third-order valence-electron chi connectivity index (χ3n) is 13.8. The van der Waals surface area contributed by atoms with Gasteiger partial charge in [0.25, 0.3) is 6.71 Å². The molecule has 5 fully saturated rings. The summed E-state index contributed by atoms with van der Waals surface area (Å²) in [6.45, 7) is 0.195. The van der Waals surface area contributed by atoms with Crippen LogP contribution in [-0.2, 0) is 5.41 Å². The largest absolute Gasteiger partial charge is 0.311 e. The Morgan fingerprint density at radius 2 is 1.02 bits per heavy atom. The zero-order valence-corrected chi connectivity index (χ0v) is 28.5. The van der Waals surface area contributed by atoms with Crippen molar-refractivity contribution in [2.45, 2.75) is 82.0 Å². The molecule has 242 valence electrons. The molecule has 5 aromatic rings. The zero-order valence-electron chi connectivity index (χ0n) is 28.5. The molecular formula is C46H45BN2. The lowest BCUT2D eigenvalue weighted by Gasteiger charge is -2.57. The molecule has 7 aliphatic rings. The Hall–Kier alpha value is -4.24. The van der Waals surface area contributed by atoms with Gasteiger partial charge in [-0.05, 0) is 156 Å². The SMILES string of the molecule is c1ccc(N2c3ccccc3B3c4ccccc4N(c4ccc(C56CC7CC(CC(C7)C5)C6)cc4)c4cc(C5CCCCC5)cc2c43)cc1. The maximum atomic E-state index is 2.64. The van der Waals surface area contributed by atoms with Crippen molar-refractivity contribution in [3.05, 3.63) is 126 Å². The average molecular weight is 637 g/mol. The van der Waals surface area contributed by atoms with Crippen LogP contribution in [0, 0.1) is 17.8 Å². The van der Waals surface area contributed by atoms with Crippen molar-refractivity contribution in [2.75, 3.05) is 9.80 Å². The fourth-order valence-electron chi connectivity index (χ4n) is 12.2. The maximum absolute atomic E-state index is 2.64. The summed E-state index contributed by atoms with van der Waals surface area (Å²) < 4.78 is 0. The summed E-state index contributed by atoms with van der Waals surface area (Å²) in [6.07, 6.45) is 15.4. The Kier molecular flexibility index (Phi) is 6.35. The molecule has 5 aromatic carbocycles. The van der Waals surface area contributed by atoms with Crippen LogP contribution < -0.4 is 26.2 Å². The summed E-state index contributed by atoms with van der Waals surface area (Å²) in [5.41, 5.74) is 15.7. The van der Waals surface area contributed by atoms with E-state index in [1.807, 2.05) is 0 Å². The average Bonchev–Trinajstić information content (AvgIpc) is 3.15. The second-order valence-electron chi connectivity index (χ2n) is 16.6. The van der Waals surface area contributed by atoms with E-state index in [2.05, 4.69) is 125 Å². The van der Waals surface area contributed by atoms with Crippen LogP contribution in [0.1, 0.15) is 87.7 Å². The van der Waals surface area contributed by atoms with E-state index in [4.69, 9.17) is 0 Å². The summed E-state index contributed by atoms with van der Waals surface area (Å²) in [7, 11) is 0. The first-order valence-corrected chi connectivity index (χ1v) is 19.3. The van der Waals surface area contributed by atoms with E-state index in [9.17, 15) is 0 Å². The topological polar surface area (TPSA) is 6.48 Å². The number of anilines is 6. The summed E-state index contributed by atoms with van der Waals surface area (Å²) in [4.78, 5) is 5.21. The highest BCUT2D eigenvalue weighted by molar-refractivity contribution is 7.00. The van der Waals surface area contributed by atoms with Gasteiger partial charge >= 0.3 is 0 Å². The Morgan fingerprint density at radius 1 is 0.510 bits per heavy atom. The van der Waals surface area contributed by atoms with Crippen molar-refractivity contribution < 1.29 is 0 Å². The van der Waals surface area contributed by atoms with Gasteiger partial charge in [0.05, 0.1) is 0 Å². The van der Waals surface area contributed by atoms with Gasteiger partial charge in [-0.2, -0.15) is 0 Å². The van der Waals surface area contributed by atoms with Gasteiger partial charge in [0.1, 0.15) is 0 Å². The van der Waals surface area contributed by atoms with Crippen LogP contribution in [0.25, 0.3) is 0 Å². The molecule has 3 heteroatoms. The van der Waals surface area contributed by atoms with Gasteiger partial charge in [0.15, 0.2) is 0 Å². The van der Waals surface area contributed by atoms with E-state index >= 15 is 0 Å². The van der Waals surface area contributed by atoms with Crippen molar-refractivity contribution in [1.82, 2.24) is 0 Å². The Bertz CT molecular complexity index is 2020. The molecule has 5 aliphatic carbocycles. The van der Waals surface area contributed by atoms with E-state index in [1.165, 1.54) is 127 Å². The fraction of sp³-hybridized carbons (Fsp3) is 0.348. The van der Waals surface area contributed by atoms with Gasteiger partial charge in [-0.3, -0.25) is 0 Å². The highest BCUT2D eigenvalue weighted by Gasteiger charge is 2.51. The summed E-state index contributed by atoms with van der Waals surface area (Å²) in [5.74, 6) is 3.49. The van der Waals surface area contributed by atoms with E-state index < -0.39 is 0 Å². The van der Waals surface area contributed by atoms with Crippen LogP contribution in [0.4, 0.5) is 34.1 Å². The molecule has 4 bridgehead atoms. The lowest BCUT2D eigenvalue weighted by Crippen LogP contribution is -2.61. The summed E-state index contributed by atoms with van der Waals surface area (Å²) in [6, 6.07) is 44.8. The van der Waals surface area contributed by atoms with Crippen LogP contribution >= 0.6 is 0 Å².